The van der Waals surface area contributed by atoms with Crippen LogP contribution in [-0.2, 0) is 27.2 Å². The van der Waals surface area contributed by atoms with Crippen molar-refractivity contribution in [3.63, 3.8) is 0 Å². The lowest BCUT2D eigenvalue weighted by atomic mass is 10.0. The number of hydrogen-bond acceptors (Lipinski definition) is 6. The van der Waals surface area contributed by atoms with Gasteiger partial charge in [0.05, 0.1) is 0 Å². The first-order valence-electron chi connectivity index (χ1n) is 10.0. The Morgan fingerprint density at radius 2 is 1.73 bits per heavy atom. The van der Waals surface area contributed by atoms with Gasteiger partial charge in [-0.3, -0.25) is 10.5 Å². The van der Waals surface area contributed by atoms with E-state index < -0.39 is 30.2 Å². The van der Waals surface area contributed by atoms with Crippen molar-refractivity contribution in [2.24, 2.45) is 5.73 Å². The molecule has 170 valence electrons. The zero-order valence-corrected chi connectivity index (χ0v) is 17.2. The van der Waals surface area contributed by atoms with E-state index in [2.05, 4.69) is 14.7 Å². The zero-order chi connectivity index (χ0) is 23.6. The molecule has 0 fully saturated rings. The summed E-state index contributed by atoms with van der Waals surface area (Å²) in [5.41, 5.74) is 6.70. The number of halogens is 3. The number of nitrogens with zero attached hydrogens (tertiary/aromatic N) is 3. The Morgan fingerprint density at radius 1 is 1.03 bits per heavy atom. The van der Waals surface area contributed by atoms with Crippen LogP contribution in [0.25, 0.3) is 11.1 Å². The Bertz CT molecular complexity index is 1170. The molecule has 0 spiro atoms. The van der Waals surface area contributed by atoms with Crippen LogP contribution in [0.1, 0.15) is 11.1 Å². The van der Waals surface area contributed by atoms with E-state index in [1.54, 1.807) is 48.8 Å². The molecule has 7 nitrogen and oxygen atoms in total. The van der Waals surface area contributed by atoms with Crippen LogP contribution in [0.2, 0.25) is 0 Å². The fourth-order valence-corrected chi connectivity index (χ4v) is 3.72. The number of carbonyl (C=O) groups excluding carboxylic acids is 2. The molecule has 4 rings (SSSR count). The summed E-state index contributed by atoms with van der Waals surface area (Å²) in [6.07, 6.45) is -0.667. The molecule has 1 aliphatic rings. The largest absolute Gasteiger partial charge is 0.491 e. The Hall–Kier alpha value is -3.79. The number of aromatic nitrogens is 2. The number of anilines is 1. The standard InChI is InChI=1S/C23H19F3N4O3/c24-23(25,26)21(32)33-22(27,11-15-4-2-1-3-5-15)20(31)30-9-8-16-6-7-17(10-19(16)30)18-12-28-14-29-13-18/h1-7,10,12-14H,8-9,11,27H2/t22-/m0/s1. The van der Waals surface area contributed by atoms with Crippen molar-refractivity contribution in [3.8, 4) is 11.1 Å². The quantitative estimate of drug-likeness (QED) is 0.468. The van der Waals surface area contributed by atoms with E-state index >= 15 is 0 Å². The molecule has 0 unspecified atom stereocenters. The van der Waals surface area contributed by atoms with Crippen LogP contribution in [0.4, 0.5) is 18.9 Å². The molecule has 1 amide bonds. The van der Waals surface area contributed by atoms with Gasteiger partial charge in [0.1, 0.15) is 6.33 Å². The summed E-state index contributed by atoms with van der Waals surface area (Å²) in [5, 5.41) is 0. The number of alkyl halides is 3. The first-order valence-corrected chi connectivity index (χ1v) is 10.0. The first kappa shape index (κ1) is 22.4. The summed E-state index contributed by atoms with van der Waals surface area (Å²) in [6.45, 7) is 0.181. The second-order valence-corrected chi connectivity index (χ2v) is 7.62. The number of benzene rings is 2. The normalized spacial score (nSPS) is 15.0. The molecule has 0 radical (unpaired) electrons. The van der Waals surface area contributed by atoms with Gasteiger partial charge in [0.15, 0.2) is 0 Å². The third-order valence-corrected chi connectivity index (χ3v) is 5.30. The van der Waals surface area contributed by atoms with Gasteiger partial charge in [-0.1, -0.05) is 42.5 Å². The highest BCUT2D eigenvalue weighted by atomic mass is 19.4. The summed E-state index contributed by atoms with van der Waals surface area (Å²) in [7, 11) is 0. The molecule has 1 aromatic heterocycles. The molecule has 2 N–H and O–H groups in total. The van der Waals surface area contributed by atoms with E-state index in [0.717, 1.165) is 5.56 Å². The highest BCUT2D eigenvalue weighted by Crippen LogP contribution is 2.35. The van der Waals surface area contributed by atoms with Crippen LogP contribution in [0.5, 0.6) is 0 Å². The average Bonchev–Trinajstić information content (AvgIpc) is 3.22. The van der Waals surface area contributed by atoms with E-state index in [4.69, 9.17) is 5.73 Å². The van der Waals surface area contributed by atoms with E-state index in [1.807, 2.05) is 12.1 Å². The number of rotatable bonds is 5. The molecule has 0 bridgehead atoms. The molecule has 2 aromatic carbocycles. The summed E-state index contributed by atoms with van der Waals surface area (Å²) < 4.78 is 43.5. The minimum absolute atomic E-state index is 0.181. The van der Waals surface area contributed by atoms with Crippen LogP contribution in [-0.4, -0.2) is 40.3 Å². The zero-order valence-electron chi connectivity index (χ0n) is 17.2. The fraction of sp³-hybridized carbons (Fsp3) is 0.217. The first-order chi connectivity index (χ1) is 15.7. The minimum atomic E-state index is -5.30. The van der Waals surface area contributed by atoms with Crippen molar-refractivity contribution in [3.05, 3.63) is 78.4 Å². The highest BCUT2D eigenvalue weighted by Gasteiger charge is 2.50. The molecule has 0 saturated carbocycles. The second kappa shape index (κ2) is 8.62. The molecule has 0 saturated heterocycles. The summed E-state index contributed by atoms with van der Waals surface area (Å²) >= 11 is 0. The molecule has 33 heavy (non-hydrogen) atoms. The number of carbonyl (C=O) groups is 2. The lowest BCUT2D eigenvalue weighted by Crippen LogP contribution is -2.60. The predicted molar refractivity (Wildman–Crippen MR) is 113 cm³/mol. The van der Waals surface area contributed by atoms with Crippen LogP contribution in [0.3, 0.4) is 0 Å². The van der Waals surface area contributed by atoms with Gasteiger partial charge in [0.25, 0.3) is 5.91 Å². The SMILES string of the molecule is N[C@@](Cc1ccccc1)(OC(=O)C(F)(F)F)C(=O)N1CCc2ccc(-c3cncnc3)cc21. The van der Waals surface area contributed by atoms with Gasteiger partial charge >= 0.3 is 12.1 Å². The van der Waals surface area contributed by atoms with E-state index in [-0.39, 0.29) is 6.54 Å². The number of ether oxygens (including phenoxy) is 1. The van der Waals surface area contributed by atoms with Gasteiger partial charge in [-0.15, -0.1) is 0 Å². The van der Waals surface area contributed by atoms with Crippen molar-refractivity contribution in [1.82, 2.24) is 9.97 Å². The van der Waals surface area contributed by atoms with Gasteiger partial charge in [-0.2, -0.15) is 13.2 Å². The number of amides is 1. The lowest BCUT2D eigenvalue weighted by molar-refractivity contribution is -0.213. The summed E-state index contributed by atoms with van der Waals surface area (Å²) in [6, 6.07) is 13.5. The summed E-state index contributed by atoms with van der Waals surface area (Å²) in [4.78, 5) is 34.3. The molecular weight excluding hydrogens is 437 g/mol. The van der Waals surface area contributed by atoms with Crippen LogP contribution >= 0.6 is 0 Å². The van der Waals surface area contributed by atoms with E-state index in [0.29, 0.717) is 28.8 Å². The average molecular weight is 456 g/mol. The molecule has 1 aliphatic heterocycles. The Balaban J connectivity index is 1.69. The second-order valence-electron chi connectivity index (χ2n) is 7.62. The van der Waals surface area contributed by atoms with Gasteiger partial charge < -0.3 is 9.64 Å². The Labute approximate surface area is 187 Å². The van der Waals surface area contributed by atoms with E-state index in [9.17, 15) is 22.8 Å². The number of esters is 1. The third-order valence-electron chi connectivity index (χ3n) is 5.30. The highest BCUT2D eigenvalue weighted by molar-refractivity contribution is 6.02. The lowest BCUT2D eigenvalue weighted by Gasteiger charge is -2.32. The van der Waals surface area contributed by atoms with Crippen molar-refractivity contribution in [2.45, 2.75) is 24.7 Å². The van der Waals surface area contributed by atoms with Crippen molar-refractivity contribution in [2.75, 3.05) is 11.4 Å². The van der Waals surface area contributed by atoms with Gasteiger partial charge in [0.2, 0.25) is 5.72 Å². The number of fused-ring (bicyclic) bond motifs is 1. The number of hydrogen-bond donors (Lipinski definition) is 1. The molecule has 10 heteroatoms. The van der Waals surface area contributed by atoms with Crippen LogP contribution < -0.4 is 10.6 Å². The summed E-state index contributed by atoms with van der Waals surface area (Å²) in [5.74, 6) is -3.46. The molecule has 2 heterocycles. The van der Waals surface area contributed by atoms with Crippen molar-refractivity contribution >= 4 is 17.6 Å². The van der Waals surface area contributed by atoms with Crippen LogP contribution in [0.15, 0.2) is 67.3 Å². The Kier molecular flexibility index (Phi) is 5.86. The maximum absolute atomic E-state index is 13.5. The molecule has 0 aliphatic carbocycles. The monoisotopic (exact) mass is 456 g/mol. The third kappa shape index (κ3) is 4.70. The van der Waals surface area contributed by atoms with Gasteiger partial charge in [0, 0.05) is 36.6 Å². The minimum Gasteiger partial charge on any atom is -0.427 e. The Morgan fingerprint density at radius 3 is 2.39 bits per heavy atom. The topological polar surface area (TPSA) is 98.4 Å². The maximum Gasteiger partial charge on any atom is 0.491 e. The van der Waals surface area contributed by atoms with Crippen molar-refractivity contribution < 1.29 is 27.5 Å². The smallest absolute Gasteiger partial charge is 0.427 e. The molecule has 1 atom stereocenters. The molecular formula is C23H19F3N4O3. The predicted octanol–water partition coefficient (Wildman–Crippen LogP) is 3.04. The fourth-order valence-electron chi connectivity index (χ4n) is 3.72. The molecule has 3 aromatic rings. The van der Waals surface area contributed by atoms with Gasteiger partial charge in [-0.25, -0.2) is 14.8 Å². The number of nitrogens with two attached hydrogens (primary N) is 1. The van der Waals surface area contributed by atoms with E-state index in [1.165, 1.54) is 11.2 Å². The maximum atomic E-state index is 13.5. The van der Waals surface area contributed by atoms with Crippen molar-refractivity contribution in [1.29, 1.82) is 0 Å². The van der Waals surface area contributed by atoms with Gasteiger partial charge in [-0.05, 0) is 29.2 Å². The van der Waals surface area contributed by atoms with Crippen LogP contribution in [0, 0.1) is 0 Å².